The van der Waals surface area contributed by atoms with Crippen LogP contribution in [0.3, 0.4) is 0 Å². The van der Waals surface area contributed by atoms with Gasteiger partial charge in [-0.1, -0.05) is 26.2 Å². The van der Waals surface area contributed by atoms with Gasteiger partial charge in [-0.2, -0.15) is 15.0 Å². The zero-order valence-electron chi connectivity index (χ0n) is 12.1. The molecular weight excluding hydrogens is 240 g/mol. The Hall–Kier alpha value is -1.59. The van der Waals surface area contributed by atoms with Crippen LogP contribution in [0, 0.1) is 5.92 Å². The minimum atomic E-state index is 0.269. The molecule has 6 nitrogen and oxygen atoms in total. The van der Waals surface area contributed by atoms with Crippen molar-refractivity contribution in [1.29, 1.82) is 0 Å². The van der Waals surface area contributed by atoms with Crippen LogP contribution in [0.15, 0.2) is 0 Å². The molecular formula is C13H24N6. The van der Waals surface area contributed by atoms with Crippen LogP contribution >= 0.6 is 0 Å². The van der Waals surface area contributed by atoms with E-state index in [0.29, 0.717) is 23.9 Å². The average Bonchev–Trinajstić information content (AvgIpc) is 2.38. The summed E-state index contributed by atoms with van der Waals surface area (Å²) in [7, 11) is 3.79. The quantitative estimate of drug-likeness (QED) is 0.864. The Morgan fingerprint density at radius 3 is 2.63 bits per heavy atom. The number of rotatable bonds is 4. The highest BCUT2D eigenvalue weighted by atomic mass is 15.3. The zero-order valence-corrected chi connectivity index (χ0v) is 12.1. The molecule has 0 bridgehead atoms. The lowest BCUT2D eigenvalue weighted by atomic mass is 9.83. The lowest BCUT2D eigenvalue weighted by Gasteiger charge is -2.31. The molecule has 1 aliphatic carbocycles. The van der Waals surface area contributed by atoms with Gasteiger partial charge in [-0.05, 0) is 18.8 Å². The molecule has 1 aromatic rings. The summed E-state index contributed by atoms with van der Waals surface area (Å²) in [6, 6.07) is 0.454. The van der Waals surface area contributed by atoms with E-state index >= 15 is 0 Å². The molecule has 3 N–H and O–H groups in total. The fourth-order valence-electron chi connectivity index (χ4n) is 2.70. The fourth-order valence-corrected chi connectivity index (χ4v) is 2.70. The number of hydrogen-bond acceptors (Lipinski definition) is 6. The SMILES string of the molecule is CCC1CCCCC1Nc1nc(N)nc(N(C)C)n1. The van der Waals surface area contributed by atoms with Crippen LogP contribution in [0.25, 0.3) is 0 Å². The Balaban J connectivity index is 2.13. The molecule has 6 heteroatoms. The molecule has 1 saturated carbocycles. The van der Waals surface area contributed by atoms with Gasteiger partial charge in [0.15, 0.2) is 0 Å². The van der Waals surface area contributed by atoms with Crippen molar-refractivity contribution in [2.45, 2.75) is 45.1 Å². The van der Waals surface area contributed by atoms with E-state index in [1.807, 2.05) is 19.0 Å². The Morgan fingerprint density at radius 1 is 1.21 bits per heavy atom. The Bertz CT molecular complexity index is 420. The summed E-state index contributed by atoms with van der Waals surface area (Å²) in [4.78, 5) is 14.5. The number of nitrogen functional groups attached to an aromatic ring is 1. The van der Waals surface area contributed by atoms with Crippen molar-refractivity contribution >= 4 is 17.8 Å². The van der Waals surface area contributed by atoms with E-state index in [1.54, 1.807) is 0 Å². The maximum atomic E-state index is 5.74. The first-order valence-electron chi connectivity index (χ1n) is 7.05. The normalized spacial score (nSPS) is 23.1. The molecule has 1 fully saturated rings. The summed E-state index contributed by atoms with van der Waals surface area (Å²) < 4.78 is 0. The van der Waals surface area contributed by atoms with Gasteiger partial charge in [0.1, 0.15) is 0 Å². The molecule has 2 atom stereocenters. The maximum Gasteiger partial charge on any atom is 0.231 e. The number of anilines is 3. The minimum absolute atomic E-state index is 0.269. The molecule has 0 aliphatic heterocycles. The molecule has 1 aliphatic rings. The third-order valence-electron chi connectivity index (χ3n) is 3.79. The van der Waals surface area contributed by atoms with Crippen molar-refractivity contribution in [3.8, 4) is 0 Å². The van der Waals surface area contributed by atoms with Crippen molar-refractivity contribution < 1.29 is 0 Å². The average molecular weight is 264 g/mol. The first kappa shape index (κ1) is 13.8. The minimum Gasteiger partial charge on any atom is -0.368 e. The lowest BCUT2D eigenvalue weighted by molar-refractivity contribution is 0.316. The largest absolute Gasteiger partial charge is 0.368 e. The highest BCUT2D eigenvalue weighted by Gasteiger charge is 2.24. The third kappa shape index (κ3) is 3.45. The maximum absolute atomic E-state index is 5.74. The van der Waals surface area contributed by atoms with Gasteiger partial charge in [0.05, 0.1) is 0 Å². The van der Waals surface area contributed by atoms with E-state index in [0.717, 1.165) is 0 Å². The smallest absolute Gasteiger partial charge is 0.231 e. The van der Waals surface area contributed by atoms with Gasteiger partial charge in [0, 0.05) is 20.1 Å². The second kappa shape index (κ2) is 6.04. The van der Waals surface area contributed by atoms with Crippen LogP contribution in [-0.2, 0) is 0 Å². The number of nitrogens with two attached hydrogens (primary N) is 1. The predicted octanol–water partition coefficient (Wildman–Crippen LogP) is 1.90. The summed E-state index contributed by atoms with van der Waals surface area (Å²) in [6.45, 7) is 2.25. The molecule has 0 radical (unpaired) electrons. The van der Waals surface area contributed by atoms with Gasteiger partial charge in [-0.3, -0.25) is 0 Å². The van der Waals surface area contributed by atoms with E-state index in [9.17, 15) is 0 Å². The van der Waals surface area contributed by atoms with Crippen molar-refractivity contribution in [1.82, 2.24) is 15.0 Å². The molecule has 0 amide bonds. The highest BCUT2D eigenvalue weighted by Crippen LogP contribution is 2.28. The van der Waals surface area contributed by atoms with Crippen LogP contribution in [0.4, 0.5) is 17.8 Å². The molecule has 0 aromatic carbocycles. The molecule has 1 heterocycles. The van der Waals surface area contributed by atoms with E-state index in [2.05, 4.69) is 27.2 Å². The molecule has 0 spiro atoms. The van der Waals surface area contributed by atoms with Crippen LogP contribution in [0.2, 0.25) is 0 Å². The van der Waals surface area contributed by atoms with Crippen LogP contribution in [0.1, 0.15) is 39.0 Å². The molecule has 2 unspecified atom stereocenters. The summed E-state index contributed by atoms with van der Waals surface area (Å²) >= 11 is 0. The van der Waals surface area contributed by atoms with Crippen molar-refractivity contribution in [3.63, 3.8) is 0 Å². The van der Waals surface area contributed by atoms with Crippen molar-refractivity contribution in [2.75, 3.05) is 30.0 Å². The first-order chi connectivity index (χ1) is 9.10. The zero-order chi connectivity index (χ0) is 13.8. The highest BCUT2D eigenvalue weighted by molar-refractivity contribution is 5.41. The van der Waals surface area contributed by atoms with E-state index < -0.39 is 0 Å². The van der Waals surface area contributed by atoms with Crippen molar-refractivity contribution in [3.05, 3.63) is 0 Å². The van der Waals surface area contributed by atoms with Gasteiger partial charge in [-0.25, -0.2) is 0 Å². The predicted molar refractivity (Wildman–Crippen MR) is 78.2 cm³/mol. The standard InChI is InChI=1S/C13H24N6/c1-4-9-7-5-6-8-10(9)15-12-16-11(14)17-13(18-12)19(2)3/h9-10H,4-8H2,1-3H3,(H3,14,15,16,17,18). The van der Waals surface area contributed by atoms with E-state index in [1.165, 1.54) is 32.1 Å². The van der Waals surface area contributed by atoms with Crippen LogP contribution in [0.5, 0.6) is 0 Å². The number of hydrogen-bond donors (Lipinski definition) is 2. The summed E-state index contributed by atoms with van der Waals surface area (Å²) in [5.41, 5.74) is 5.74. The number of nitrogens with one attached hydrogen (secondary N) is 1. The topological polar surface area (TPSA) is 80.0 Å². The second-order valence-electron chi connectivity index (χ2n) is 5.42. The molecule has 106 valence electrons. The monoisotopic (exact) mass is 264 g/mol. The molecule has 2 rings (SSSR count). The van der Waals surface area contributed by atoms with Gasteiger partial charge in [0.25, 0.3) is 0 Å². The van der Waals surface area contributed by atoms with Gasteiger partial charge in [0.2, 0.25) is 17.8 Å². The second-order valence-corrected chi connectivity index (χ2v) is 5.42. The van der Waals surface area contributed by atoms with E-state index in [-0.39, 0.29) is 5.95 Å². The molecule has 19 heavy (non-hydrogen) atoms. The van der Waals surface area contributed by atoms with Crippen LogP contribution in [-0.4, -0.2) is 35.1 Å². The number of nitrogens with zero attached hydrogens (tertiary/aromatic N) is 4. The molecule has 0 saturated heterocycles. The fraction of sp³-hybridized carbons (Fsp3) is 0.769. The molecule has 1 aromatic heterocycles. The lowest BCUT2D eigenvalue weighted by Crippen LogP contribution is -2.33. The Labute approximate surface area is 114 Å². The number of aromatic nitrogens is 3. The Morgan fingerprint density at radius 2 is 1.95 bits per heavy atom. The van der Waals surface area contributed by atoms with Gasteiger partial charge >= 0.3 is 0 Å². The van der Waals surface area contributed by atoms with E-state index in [4.69, 9.17) is 5.73 Å². The summed E-state index contributed by atoms with van der Waals surface area (Å²) in [5.74, 6) is 2.17. The Kier molecular flexibility index (Phi) is 4.39. The summed E-state index contributed by atoms with van der Waals surface area (Å²) in [5, 5.41) is 3.45. The van der Waals surface area contributed by atoms with Crippen LogP contribution < -0.4 is 16.0 Å². The summed E-state index contributed by atoms with van der Waals surface area (Å²) in [6.07, 6.45) is 6.27. The van der Waals surface area contributed by atoms with Crippen molar-refractivity contribution in [2.24, 2.45) is 5.92 Å². The van der Waals surface area contributed by atoms with Gasteiger partial charge < -0.3 is 16.0 Å². The van der Waals surface area contributed by atoms with Gasteiger partial charge in [-0.15, -0.1) is 0 Å². The first-order valence-corrected chi connectivity index (χ1v) is 7.05. The third-order valence-corrected chi connectivity index (χ3v) is 3.79.